The molecule has 0 spiro atoms. The van der Waals surface area contributed by atoms with Gasteiger partial charge in [0, 0.05) is 13.3 Å². The summed E-state index contributed by atoms with van der Waals surface area (Å²) in [7, 11) is 0. The summed E-state index contributed by atoms with van der Waals surface area (Å²) in [6.07, 6.45) is 0.531. The Labute approximate surface area is 87.2 Å². The number of carboxylic acid groups (broad SMARTS) is 1. The Kier molecular flexibility index (Phi) is 6.90. The van der Waals surface area contributed by atoms with Gasteiger partial charge in [-0.15, -0.1) is 0 Å². The van der Waals surface area contributed by atoms with Crippen molar-refractivity contribution in [3.63, 3.8) is 0 Å². The van der Waals surface area contributed by atoms with Gasteiger partial charge in [0.2, 0.25) is 5.91 Å². The van der Waals surface area contributed by atoms with Crippen molar-refractivity contribution < 1.29 is 19.5 Å². The van der Waals surface area contributed by atoms with E-state index in [1.807, 2.05) is 0 Å². The first-order valence-electron chi connectivity index (χ1n) is 4.50. The average molecular weight is 217 g/mol. The normalized spacial score (nSPS) is 9.40. The van der Waals surface area contributed by atoms with Crippen LogP contribution in [0.2, 0.25) is 0 Å². The lowest BCUT2D eigenvalue weighted by Crippen LogP contribution is -2.44. The van der Waals surface area contributed by atoms with Crippen molar-refractivity contribution in [2.24, 2.45) is 0 Å². The Balaban J connectivity index is 3.31. The van der Waals surface area contributed by atoms with E-state index in [1.54, 1.807) is 0 Å². The first kappa shape index (κ1) is 13.4. The second-order valence-corrected chi connectivity index (χ2v) is 2.90. The average Bonchev–Trinajstić information content (AvgIpc) is 2.13. The molecule has 0 rings (SSSR count). The molecule has 0 aliphatic carbocycles. The van der Waals surface area contributed by atoms with Crippen LogP contribution >= 0.6 is 0 Å². The number of carbonyl (C=O) groups is 3. The van der Waals surface area contributed by atoms with Crippen molar-refractivity contribution in [2.45, 2.75) is 19.8 Å². The number of amides is 2. The van der Waals surface area contributed by atoms with Gasteiger partial charge >= 0.3 is 5.97 Å². The number of nitrogens with one attached hydrogen (secondary N) is 3. The summed E-state index contributed by atoms with van der Waals surface area (Å²) in [5, 5.41) is 11.1. The summed E-state index contributed by atoms with van der Waals surface area (Å²) in [4.78, 5) is 31.4. The largest absolute Gasteiger partial charge is 0.481 e. The van der Waals surface area contributed by atoms with Crippen molar-refractivity contribution in [3.8, 4) is 0 Å². The molecule has 0 radical (unpaired) electrons. The molecule has 0 aromatic carbocycles. The smallest absolute Gasteiger partial charge is 0.303 e. The van der Waals surface area contributed by atoms with Gasteiger partial charge in [-0.2, -0.15) is 0 Å². The van der Waals surface area contributed by atoms with Crippen LogP contribution in [0.3, 0.4) is 0 Å². The summed E-state index contributed by atoms with van der Waals surface area (Å²) in [5.74, 6) is -1.59. The third-order valence-electron chi connectivity index (χ3n) is 1.41. The molecule has 0 aliphatic rings. The molecule has 2 amide bonds. The number of hydrogen-bond acceptors (Lipinski definition) is 4. The van der Waals surface area contributed by atoms with E-state index in [0.717, 1.165) is 0 Å². The molecule has 0 unspecified atom stereocenters. The standard InChI is InChI=1S/C8H15N3O4/c1-6(12)10-11-7(13)5-9-4-2-3-8(14)15/h9H,2-5H2,1H3,(H,10,12)(H,11,13)(H,14,15). The highest BCUT2D eigenvalue weighted by atomic mass is 16.4. The van der Waals surface area contributed by atoms with Gasteiger partial charge in [-0.05, 0) is 13.0 Å². The minimum Gasteiger partial charge on any atom is -0.481 e. The van der Waals surface area contributed by atoms with Gasteiger partial charge in [0.1, 0.15) is 0 Å². The quantitative estimate of drug-likeness (QED) is 0.323. The molecular formula is C8H15N3O4. The molecule has 7 heteroatoms. The zero-order valence-corrected chi connectivity index (χ0v) is 8.50. The second kappa shape index (κ2) is 7.74. The summed E-state index contributed by atoms with van der Waals surface area (Å²) >= 11 is 0. The third-order valence-corrected chi connectivity index (χ3v) is 1.41. The fourth-order valence-corrected chi connectivity index (χ4v) is 0.768. The monoisotopic (exact) mass is 217 g/mol. The van der Waals surface area contributed by atoms with E-state index in [2.05, 4.69) is 16.2 Å². The zero-order chi connectivity index (χ0) is 11.7. The maximum atomic E-state index is 10.9. The van der Waals surface area contributed by atoms with Crippen molar-refractivity contribution in [1.29, 1.82) is 0 Å². The highest BCUT2D eigenvalue weighted by Crippen LogP contribution is 1.84. The van der Waals surface area contributed by atoms with Crippen LogP contribution in [-0.4, -0.2) is 36.0 Å². The second-order valence-electron chi connectivity index (χ2n) is 2.90. The van der Waals surface area contributed by atoms with Gasteiger partial charge in [-0.25, -0.2) is 0 Å². The predicted molar refractivity (Wildman–Crippen MR) is 51.7 cm³/mol. The number of carboxylic acids is 1. The first-order valence-corrected chi connectivity index (χ1v) is 4.50. The molecule has 4 N–H and O–H groups in total. The number of hydrogen-bond donors (Lipinski definition) is 4. The van der Waals surface area contributed by atoms with Crippen LogP contribution in [0.15, 0.2) is 0 Å². The fraction of sp³-hybridized carbons (Fsp3) is 0.625. The van der Waals surface area contributed by atoms with Gasteiger partial charge in [0.25, 0.3) is 5.91 Å². The predicted octanol–water partition coefficient (Wildman–Crippen LogP) is -1.39. The minimum atomic E-state index is -0.862. The van der Waals surface area contributed by atoms with Gasteiger partial charge in [0.05, 0.1) is 6.54 Å². The highest BCUT2D eigenvalue weighted by molar-refractivity contribution is 5.81. The molecule has 0 aromatic rings. The van der Waals surface area contributed by atoms with Crippen LogP contribution < -0.4 is 16.2 Å². The van der Waals surface area contributed by atoms with Gasteiger partial charge < -0.3 is 10.4 Å². The van der Waals surface area contributed by atoms with Crippen molar-refractivity contribution >= 4 is 17.8 Å². The Morgan fingerprint density at radius 2 is 1.87 bits per heavy atom. The lowest BCUT2D eigenvalue weighted by molar-refractivity contribution is -0.137. The maximum Gasteiger partial charge on any atom is 0.303 e. The molecule has 0 aliphatic heterocycles. The third kappa shape index (κ3) is 10.3. The van der Waals surface area contributed by atoms with Crippen LogP contribution in [0.25, 0.3) is 0 Å². The van der Waals surface area contributed by atoms with E-state index in [4.69, 9.17) is 5.11 Å². The lowest BCUT2D eigenvalue weighted by Gasteiger charge is -2.05. The van der Waals surface area contributed by atoms with E-state index < -0.39 is 5.97 Å². The molecular weight excluding hydrogens is 202 g/mol. The molecule has 0 saturated heterocycles. The molecule has 0 atom stereocenters. The van der Waals surface area contributed by atoms with Crippen LogP contribution in [0.5, 0.6) is 0 Å². The van der Waals surface area contributed by atoms with Gasteiger partial charge in [0.15, 0.2) is 0 Å². The lowest BCUT2D eigenvalue weighted by atomic mass is 10.3. The van der Waals surface area contributed by atoms with E-state index >= 15 is 0 Å². The van der Waals surface area contributed by atoms with Crippen LogP contribution in [0, 0.1) is 0 Å². The molecule has 86 valence electrons. The van der Waals surface area contributed by atoms with E-state index in [1.165, 1.54) is 6.92 Å². The maximum absolute atomic E-state index is 10.9. The summed E-state index contributed by atoms with van der Waals surface area (Å²) in [6, 6.07) is 0. The van der Waals surface area contributed by atoms with E-state index in [0.29, 0.717) is 13.0 Å². The summed E-state index contributed by atoms with van der Waals surface area (Å²) in [5.41, 5.74) is 4.30. The van der Waals surface area contributed by atoms with Crippen molar-refractivity contribution in [3.05, 3.63) is 0 Å². The molecule has 0 fully saturated rings. The number of carbonyl (C=O) groups excluding carboxylic acids is 2. The Bertz CT molecular complexity index is 242. The van der Waals surface area contributed by atoms with Gasteiger partial charge in [-0.3, -0.25) is 25.2 Å². The van der Waals surface area contributed by atoms with Gasteiger partial charge in [-0.1, -0.05) is 0 Å². The number of rotatable bonds is 6. The fourth-order valence-electron chi connectivity index (χ4n) is 0.768. The highest BCUT2D eigenvalue weighted by Gasteiger charge is 2.01. The molecule has 0 heterocycles. The van der Waals surface area contributed by atoms with Crippen molar-refractivity contribution in [1.82, 2.24) is 16.2 Å². The van der Waals surface area contributed by atoms with Crippen LogP contribution in [0.1, 0.15) is 19.8 Å². The van der Waals surface area contributed by atoms with Crippen LogP contribution in [0.4, 0.5) is 0 Å². The summed E-state index contributed by atoms with van der Waals surface area (Å²) < 4.78 is 0. The molecule has 0 saturated carbocycles. The SMILES string of the molecule is CC(=O)NNC(=O)CNCCCC(=O)O. The molecule has 0 aromatic heterocycles. The topological polar surface area (TPSA) is 108 Å². The molecule has 0 bridgehead atoms. The zero-order valence-electron chi connectivity index (χ0n) is 8.50. The Hall–Kier alpha value is -1.63. The van der Waals surface area contributed by atoms with E-state index in [9.17, 15) is 14.4 Å². The Morgan fingerprint density at radius 1 is 1.20 bits per heavy atom. The molecule has 7 nitrogen and oxygen atoms in total. The number of hydrazine groups is 1. The van der Waals surface area contributed by atoms with E-state index in [-0.39, 0.29) is 24.8 Å². The van der Waals surface area contributed by atoms with Crippen LogP contribution in [-0.2, 0) is 14.4 Å². The summed E-state index contributed by atoms with van der Waals surface area (Å²) in [6.45, 7) is 1.76. The number of aliphatic carboxylic acids is 1. The van der Waals surface area contributed by atoms with Crippen molar-refractivity contribution in [2.75, 3.05) is 13.1 Å². The minimum absolute atomic E-state index is 0.0416. The Morgan fingerprint density at radius 3 is 2.40 bits per heavy atom. The molecule has 15 heavy (non-hydrogen) atoms. The first-order chi connectivity index (χ1) is 7.02.